The van der Waals surface area contributed by atoms with E-state index in [0.717, 1.165) is 23.9 Å². The van der Waals surface area contributed by atoms with Crippen LogP contribution in [0, 0.1) is 11.6 Å². The molecule has 0 aliphatic rings. The summed E-state index contributed by atoms with van der Waals surface area (Å²) in [4.78, 5) is 16.3. The molecule has 0 bridgehead atoms. The quantitative estimate of drug-likeness (QED) is 0.468. The van der Waals surface area contributed by atoms with Crippen LogP contribution in [-0.4, -0.2) is 32.0 Å². The minimum atomic E-state index is -0.687. The maximum absolute atomic E-state index is 13.2. The van der Waals surface area contributed by atoms with E-state index in [9.17, 15) is 13.6 Å². The molecule has 0 fully saturated rings. The highest BCUT2D eigenvalue weighted by Crippen LogP contribution is 2.21. The van der Waals surface area contributed by atoms with Crippen LogP contribution in [0.4, 0.5) is 8.78 Å². The van der Waals surface area contributed by atoms with E-state index in [1.54, 1.807) is 0 Å². The molecular weight excluding hydrogens is 264 g/mol. The zero-order valence-electron chi connectivity index (χ0n) is 9.74. The van der Waals surface area contributed by atoms with Gasteiger partial charge in [-0.2, -0.15) is 0 Å². The number of hydroxylamine groups is 1. The first-order valence-electron chi connectivity index (χ1n) is 5.11. The molecule has 0 spiro atoms. The maximum atomic E-state index is 13.2. The number of amides is 1. The zero-order valence-corrected chi connectivity index (χ0v) is 10.6. The summed E-state index contributed by atoms with van der Waals surface area (Å²) in [5.74, 6) is -1.76. The summed E-state index contributed by atoms with van der Waals surface area (Å²) >= 11 is 0.963. The fraction of sp³-hybridized carbons (Fsp3) is 0.364. The average molecular weight is 277 g/mol. The van der Waals surface area contributed by atoms with Gasteiger partial charge in [0, 0.05) is 18.1 Å². The number of rotatable bonds is 7. The van der Waals surface area contributed by atoms with Crippen molar-refractivity contribution in [3.8, 4) is 0 Å². The summed E-state index contributed by atoms with van der Waals surface area (Å²) in [6.45, 7) is 0.595. The molecule has 0 radical (unpaired) electrons. The Balaban J connectivity index is 2.29. The third-order valence-corrected chi connectivity index (χ3v) is 2.88. The molecule has 0 aliphatic heterocycles. The molecule has 1 aromatic carbocycles. The highest BCUT2D eigenvalue weighted by atomic mass is 32.2. The van der Waals surface area contributed by atoms with E-state index in [0.29, 0.717) is 6.61 Å². The predicted octanol–water partition coefficient (Wildman–Crippen LogP) is 1.75. The number of benzene rings is 1. The van der Waals surface area contributed by atoms with Gasteiger partial charge in [-0.15, -0.1) is 11.8 Å². The van der Waals surface area contributed by atoms with Gasteiger partial charge in [0.1, 0.15) is 11.6 Å². The number of nitrogens with one attached hydrogen (secondary N) is 1. The topological polar surface area (TPSA) is 47.6 Å². The Hall–Kier alpha value is -1.18. The number of ether oxygens (including phenoxy) is 1. The fourth-order valence-corrected chi connectivity index (χ4v) is 1.73. The van der Waals surface area contributed by atoms with Gasteiger partial charge in [-0.05, 0) is 12.1 Å². The standard InChI is InChI=1S/C11H13F2NO3S/c1-16-4-5-17-14-11(15)7-18-10-3-2-8(12)6-9(10)13/h2-3,6H,4-5,7H2,1H3,(H,14,15). The summed E-state index contributed by atoms with van der Waals surface area (Å²) < 4.78 is 30.6. The molecule has 0 saturated carbocycles. The first kappa shape index (κ1) is 14.9. The molecular formula is C11H13F2NO3S. The molecule has 1 aromatic rings. The maximum Gasteiger partial charge on any atom is 0.253 e. The minimum Gasteiger partial charge on any atom is -0.382 e. The van der Waals surface area contributed by atoms with Crippen molar-refractivity contribution in [2.24, 2.45) is 0 Å². The van der Waals surface area contributed by atoms with Gasteiger partial charge in [0.15, 0.2) is 0 Å². The zero-order chi connectivity index (χ0) is 13.4. The van der Waals surface area contributed by atoms with Crippen molar-refractivity contribution in [1.29, 1.82) is 0 Å². The number of thioether (sulfide) groups is 1. The van der Waals surface area contributed by atoms with Crippen molar-refractivity contribution in [3.05, 3.63) is 29.8 Å². The van der Waals surface area contributed by atoms with Crippen LogP contribution in [0.15, 0.2) is 23.1 Å². The molecule has 0 heterocycles. The molecule has 100 valence electrons. The molecule has 0 atom stereocenters. The monoisotopic (exact) mass is 277 g/mol. The van der Waals surface area contributed by atoms with E-state index in [1.165, 1.54) is 13.2 Å². The van der Waals surface area contributed by atoms with Gasteiger partial charge in [-0.1, -0.05) is 0 Å². The SMILES string of the molecule is COCCONC(=O)CSc1ccc(F)cc1F. The Morgan fingerprint density at radius 3 is 2.83 bits per heavy atom. The van der Waals surface area contributed by atoms with Gasteiger partial charge in [-0.3, -0.25) is 9.63 Å². The molecule has 1 N–H and O–H groups in total. The fourth-order valence-electron chi connectivity index (χ4n) is 1.02. The predicted molar refractivity (Wildman–Crippen MR) is 63.1 cm³/mol. The number of carbonyl (C=O) groups is 1. The summed E-state index contributed by atoms with van der Waals surface area (Å²) in [7, 11) is 1.51. The Morgan fingerprint density at radius 2 is 2.17 bits per heavy atom. The third-order valence-electron chi connectivity index (χ3n) is 1.83. The van der Waals surface area contributed by atoms with Crippen LogP contribution >= 0.6 is 11.8 Å². The van der Waals surface area contributed by atoms with Gasteiger partial charge in [0.2, 0.25) is 0 Å². The number of methoxy groups -OCH3 is 1. The lowest BCUT2D eigenvalue weighted by atomic mass is 10.3. The third kappa shape index (κ3) is 5.44. The van der Waals surface area contributed by atoms with Gasteiger partial charge >= 0.3 is 0 Å². The van der Waals surface area contributed by atoms with Gasteiger partial charge in [0.05, 0.1) is 19.0 Å². The van der Waals surface area contributed by atoms with Gasteiger partial charge in [0.25, 0.3) is 5.91 Å². The van der Waals surface area contributed by atoms with Crippen molar-refractivity contribution >= 4 is 17.7 Å². The number of halogens is 2. The molecule has 18 heavy (non-hydrogen) atoms. The summed E-state index contributed by atoms with van der Waals surface area (Å²) in [5, 5.41) is 0. The highest BCUT2D eigenvalue weighted by Gasteiger charge is 2.07. The number of hydrogen-bond acceptors (Lipinski definition) is 4. The van der Waals surface area contributed by atoms with Crippen molar-refractivity contribution in [1.82, 2.24) is 5.48 Å². The van der Waals surface area contributed by atoms with Crippen LogP contribution in [0.25, 0.3) is 0 Å². The van der Waals surface area contributed by atoms with Crippen molar-refractivity contribution in [2.75, 3.05) is 26.1 Å². The minimum absolute atomic E-state index is 0.0183. The highest BCUT2D eigenvalue weighted by molar-refractivity contribution is 8.00. The lowest BCUT2D eigenvalue weighted by Gasteiger charge is -2.05. The van der Waals surface area contributed by atoms with E-state index in [4.69, 9.17) is 9.57 Å². The van der Waals surface area contributed by atoms with Crippen molar-refractivity contribution in [2.45, 2.75) is 4.90 Å². The van der Waals surface area contributed by atoms with E-state index < -0.39 is 17.5 Å². The molecule has 0 aromatic heterocycles. The smallest absolute Gasteiger partial charge is 0.253 e. The molecule has 1 amide bonds. The lowest BCUT2D eigenvalue weighted by Crippen LogP contribution is -2.26. The molecule has 0 unspecified atom stereocenters. The molecule has 0 saturated heterocycles. The van der Waals surface area contributed by atoms with E-state index in [1.807, 2.05) is 0 Å². The Bertz CT molecular complexity index is 404. The van der Waals surface area contributed by atoms with Crippen LogP contribution < -0.4 is 5.48 Å². The van der Waals surface area contributed by atoms with Crippen molar-refractivity contribution in [3.63, 3.8) is 0 Å². The van der Waals surface area contributed by atoms with E-state index in [2.05, 4.69) is 5.48 Å². The van der Waals surface area contributed by atoms with Gasteiger partial charge < -0.3 is 4.74 Å². The van der Waals surface area contributed by atoms with Crippen molar-refractivity contribution < 1.29 is 23.1 Å². The van der Waals surface area contributed by atoms with Crippen LogP contribution in [0.2, 0.25) is 0 Å². The lowest BCUT2D eigenvalue weighted by molar-refractivity contribution is -0.131. The Kier molecular flexibility index (Phi) is 6.63. The second kappa shape index (κ2) is 8.02. The first-order valence-corrected chi connectivity index (χ1v) is 6.09. The van der Waals surface area contributed by atoms with E-state index >= 15 is 0 Å². The number of hydrogen-bond donors (Lipinski definition) is 1. The first-order chi connectivity index (χ1) is 8.63. The van der Waals surface area contributed by atoms with Crippen LogP contribution in [0.1, 0.15) is 0 Å². The van der Waals surface area contributed by atoms with Crippen LogP contribution in [-0.2, 0) is 14.4 Å². The second-order valence-electron chi connectivity index (χ2n) is 3.23. The normalized spacial score (nSPS) is 10.4. The molecule has 1 rings (SSSR count). The number of carbonyl (C=O) groups excluding carboxylic acids is 1. The molecule has 0 aliphatic carbocycles. The Morgan fingerprint density at radius 1 is 1.39 bits per heavy atom. The average Bonchev–Trinajstić information content (AvgIpc) is 2.33. The van der Waals surface area contributed by atoms with Gasteiger partial charge in [-0.25, -0.2) is 14.3 Å². The van der Waals surface area contributed by atoms with Crippen LogP contribution in [0.5, 0.6) is 0 Å². The molecule has 4 nitrogen and oxygen atoms in total. The summed E-state index contributed by atoms with van der Waals surface area (Å²) in [6.07, 6.45) is 0. The van der Waals surface area contributed by atoms with E-state index in [-0.39, 0.29) is 17.3 Å². The summed E-state index contributed by atoms with van der Waals surface area (Å²) in [5.41, 5.74) is 2.18. The molecule has 7 heteroatoms. The summed E-state index contributed by atoms with van der Waals surface area (Å²) in [6, 6.07) is 3.20. The Labute approximate surface area is 108 Å². The second-order valence-corrected chi connectivity index (χ2v) is 4.25. The largest absolute Gasteiger partial charge is 0.382 e. The van der Waals surface area contributed by atoms with Crippen LogP contribution in [0.3, 0.4) is 0 Å².